The molecule has 0 aliphatic heterocycles. The van der Waals surface area contributed by atoms with Crippen molar-refractivity contribution < 1.29 is 4.79 Å². The maximum atomic E-state index is 12.8. The Morgan fingerprint density at radius 1 is 1.00 bits per heavy atom. The van der Waals surface area contributed by atoms with E-state index in [9.17, 15) is 10.1 Å². The van der Waals surface area contributed by atoms with Crippen LogP contribution in [0.25, 0.3) is 0 Å². The summed E-state index contributed by atoms with van der Waals surface area (Å²) in [5.74, 6) is 0.243. The SMILES string of the molecule is CC(C)[C@@](C#N)(CCCN[C@@H](CCCCN)C(=O)NCCc1ccccc1)c1ccccc1. The minimum absolute atomic E-state index is 0.0430. The first-order valence-electron chi connectivity index (χ1n) is 12.3. The van der Waals surface area contributed by atoms with Crippen LogP contribution >= 0.6 is 0 Å². The predicted molar refractivity (Wildman–Crippen MR) is 136 cm³/mol. The minimum Gasteiger partial charge on any atom is -0.354 e. The molecule has 0 bridgehead atoms. The smallest absolute Gasteiger partial charge is 0.237 e. The van der Waals surface area contributed by atoms with E-state index in [0.29, 0.717) is 19.6 Å². The lowest BCUT2D eigenvalue weighted by atomic mass is 9.70. The Bertz CT molecular complexity index is 847. The Morgan fingerprint density at radius 2 is 1.67 bits per heavy atom. The van der Waals surface area contributed by atoms with Crippen LogP contribution < -0.4 is 16.4 Å². The molecule has 2 aromatic rings. The van der Waals surface area contributed by atoms with Gasteiger partial charge in [-0.3, -0.25) is 4.79 Å². The summed E-state index contributed by atoms with van der Waals surface area (Å²) in [6.45, 7) is 6.18. The number of rotatable bonds is 15. The molecule has 178 valence electrons. The molecule has 0 fully saturated rings. The molecular weight excluding hydrogens is 408 g/mol. The van der Waals surface area contributed by atoms with Crippen LogP contribution in [0.15, 0.2) is 60.7 Å². The molecule has 5 nitrogen and oxygen atoms in total. The minimum atomic E-state index is -0.518. The Kier molecular flexibility index (Phi) is 11.6. The van der Waals surface area contributed by atoms with Crippen LogP contribution in [0.3, 0.4) is 0 Å². The van der Waals surface area contributed by atoms with Gasteiger partial charge in [0.2, 0.25) is 5.91 Å². The van der Waals surface area contributed by atoms with E-state index in [1.165, 1.54) is 5.56 Å². The van der Waals surface area contributed by atoms with E-state index in [1.807, 2.05) is 48.5 Å². The number of nitrogens with zero attached hydrogens (tertiary/aromatic N) is 1. The number of nitriles is 1. The van der Waals surface area contributed by atoms with Crippen molar-refractivity contribution in [2.45, 2.75) is 63.8 Å². The summed E-state index contributed by atoms with van der Waals surface area (Å²) in [4.78, 5) is 12.8. The van der Waals surface area contributed by atoms with Gasteiger partial charge in [-0.2, -0.15) is 5.26 Å². The van der Waals surface area contributed by atoms with E-state index in [4.69, 9.17) is 5.73 Å². The van der Waals surface area contributed by atoms with Crippen molar-refractivity contribution in [3.8, 4) is 6.07 Å². The second-order valence-electron chi connectivity index (χ2n) is 9.03. The summed E-state index contributed by atoms with van der Waals surface area (Å²) in [7, 11) is 0. The first-order valence-corrected chi connectivity index (χ1v) is 12.3. The number of carbonyl (C=O) groups excluding carboxylic acids is 1. The molecular formula is C28H40N4O. The average Bonchev–Trinajstić information content (AvgIpc) is 2.84. The van der Waals surface area contributed by atoms with Crippen LogP contribution in [-0.4, -0.2) is 31.6 Å². The molecule has 1 amide bonds. The molecule has 0 aromatic heterocycles. The molecule has 0 aliphatic carbocycles. The molecule has 0 radical (unpaired) electrons. The van der Waals surface area contributed by atoms with E-state index in [0.717, 1.165) is 44.1 Å². The third kappa shape index (κ3) is 8.31. The van der Waals surface area contributed by atoms with E-state index in [2.05, 4.69) is 42.7 Å². The molecule has 2 aromatic carbocycles. The normalized spacial score (nSPS) is 13.8. The maximum Gasteiger partial charge on any atom is 0.237 e. The number of amides is 1. The molecule has 0 aliphatic rings. The number of unbranched alkanes of at least 4 members (excludes halogenated alkanes) is 1. The van der Waals surface area contributed by atoms with E-state index >= 15 is 0 Å². The molecule has 0 saturated heterocycles. The highest BCUT2D eigenvalue weighted by atomic mass is 16.2. The fraction of sp³-hybridized carbons (Fsp3) is 0.500. The van der Waals surface area contributed by atoms with Gasteiger partial charge in [-0.15, -0.1) is 0 Å². The Balaban J connectivity index is 1.90. The summed E-state index contributed by atoms with van der Waals surface area (Å²) in [5.41, 5.74) is 7.42. The molecule has 0 spiro atoms. The number of carbonyl (C=O) groups is 1. The van der Waals surface area contributed by atoms with Gasteiger partial charge in [0.1, 0.15) is 0 Å². The molecule has 5 heteroatoms. The van der Waals surface area contributed by atoms with Gasteiger partial charge in [0.05, 0.1) is 17.5 Å². The maximum absolute atomic E-state index is 12.8. The monoisotopic (exact) mass is 448 g/mol. The zero-order valence-electron chi connectivity index (χ0n) is 20.2. The van der Waals surface area contributed by atoms with Gasteiger partial charge in [-0.25, -0.2) is 0 Å². The van der Waals surface area contributed by atoms with E-state index in [1.54, 1.807) is 0 Å². The number of nitrogens with two attached hydrogens (primary N) is 1. The summed E-state index contributed by atoms with van der Waals surface area (Å²) < 4.78 is 0. The zero-order chi connectivity index (χ0) is 23.9. The van der Waals surface area contributed by atoms with Crippen LogP contribution in [0.4, 0.5) is 0 Å². The Morgan fingerprint density at radius 3 is 2.27 bits per heavy atom. The van der Waals surface area contributed by atoms with Crippen LogP contribution in [0.2, 0.25) is 0 Å². The van der Waals surface area contributed by atoms with Crippen molar-refractivity contribution in [1.82, 2.24) is 10.6 Å². The average molecular weight is 449 g/mol. The largest absolute Gasteiger partial charge is 0.354 e. The van der Waals surface area contributed by atoms with Crippen molar-refractivity contribution in [3.63, 3.8) is 0 Å². The number of benzene rings is 2. The first kappa shape index (κ1) is 26.6. The molecule has 0 unspecified atom stereocenters. The van der Waals surface area contributed by atoms with Gasteiger partial charge >= 0.3 is 0 Å². The lowest BCUT2D eigenvalue weighted by molar-refractivity contribution is -0.123. The van der Waals surface area contributed by atoms with Crippen molar-refractivity contribution in [1.29, 1.82) is 5.26 Å². The second kappa shape index (κ2) is 14.5. The molecule has 0 heterocycles. The number of nitrogens with one attached hydrogen (secondary N) is 2. The highest BCUT2D eigenvalue weighted by molar-refractivity contribution is 5.81. The quantitative estimate of drug-likeness (QED) is 0.354. The van der Waals surface area contributed by atoms with Crippen molar-refractivity contribution in [3.05, 3.63) is 71.8 Å². The molecule has 0 saturated carbocycles. The second-order valence-corrected chi connectivity index (χ2v) is 9.03. The van der Waals surface area contributed by atoms with Crippen LogP contribution in [-0.2, 0) is 16.6 Å². The van der Waals surface area contributed by atoms with E-state index < -0.39 is 5.41 Å². The predicted octanol–water partition coefficient (Wildman–Crippen LogP) is 4.33. The molecule has 4 N–H and O–H groups in total. The van der Waals surface area contributed by atoms with Gasteiger partial charge in [0, 0.05) is 6.54 Å². The highest BCUT2D eigenvalue weighted by Gasteiger charge is 2.35. The fourth-order valence-corrected chi connectivity index (χ4v) is 4.31. The topological polar surface area (TPSA) is 90.9 Å². The highest BCUT2D eigenvalue weighted by Crippen LogP contribution is 2.36. The summed E-state index contributed by atoms with van der Waals surface area (Å²) in [5, 5.41) is 16.6. The molecule has 33 heavy (non-hydrogen) atoms. The third-order valence-corrected chi connectivity index (χ3v) is 6.43. The summed E-state index contributed by atoms with van der Waals surface area (Å²) in [6, 6.07) is 22.6. The Hall–Kier alpha value is -2.68. The lowest BCUT2D eigenvalue weighted by Gasteiger charge is -2.31. The standard InChI is InChI=1S/C28H40N4O/c1-23(2)28(22-30,25-14-7-4-8-15-25)18-11-20-31-26(16-9-10-19-29)27(33)32-21-17-24-12-5-3-6-13-24/h3-8,12-15,23,26,31H,9-11,16-21,29H2,1-2H3,(H,32,33)/t26-,28-/m0/s1. The van der Waals surface area contributed by atoms with Crippen molar-refractivity contribution in [2.24, 2.45) is 11.7 Å². The summed E-state index contributed by atoms with van der Waals surface area (Å²) in [6.07, 6.45) is 4.99. The molecule has 2 rings (SSSR count). The van der Waals surface area contributed by atoms with Gasteiger partial charge in [0.15, 0.2) is 0 Å². The third-order valence-electron chi connectivity index (χ3n) is 6.43. The van der Waals surface area contributed by atoms with Gasteiger partial charge in [0.25, 0.3) is 0 Å². The van der Waals surface area contributed by atoms with Crippen LogP contribution in [0, 0.1) is 17.2 Å². The lowest BCUT2D eigenvalue weighted by Crippen LogP contribution is -2.45. The first-order chi connectivity index (χ1) is 16.0. The summed E-state index contributed by atoms with van der Waals surface area (Å²) >= 11 is 0. The zero-order valence-corrected chi connectivity index (χ0v) is 20.2. The van der Waals surface area contributed by atoms with Crippen molar-refractivity contribution in [2.75, 3.05) is 19.6 Å². The van der Waals surface area contributed by atoms with Crippen molar-refractivity contribution >= 4 is 5.91 Å². The van der Waals surface area contributed by atoms with E-state index in [-0.39, 0.29) is 17.9 Å². The Labute approximate surface area is 199 Å². The van der Waals surface area contributed by atoms with Crippen LogP contribution in [0.1, 0.15) is 57.1 Å². The molecule has 2 atom stereocenters. The van der Waals surface area contributed by atoms with Gasteiger partial charge < -0.3 is 16.4 Å². The number of hydrogen-bond acceptors (Lipinski definition) is 4. The van der Waals surface area contributed by atoms with Crippen LogP contribution in [0.5, 0.6) is 0 Å². The van der Waals surface area contributed by atoms with Gasteiger partial charge in [-0.05, 0) is 62.2 Å². The fourth-order valence-electron chi connectivity index (χ4n) is 4.31. The van der Waals surface area contributed by atoms with Gasteiger partial charge in [-0.1, -0.05) is 80.9 Å². The number of hydrogen-bond donors (Lipinski definition) is 3.